The summed E-state index contributed by atoms with van der Waals surface area (Å²) in [7, 11) is 0. The minimum Gasteiger partial charge on any atom is -0.339 e. The fourth-order valence-corrected chi connectivity index (χ4v) is 5.10. The van der Waals surface area contributed by atoms with Gasteiger partial charge in [-0.05, 0) is 36.1 Å². The van der Waals surface area contributed by atoms with Crippen LogP contribution in [0.25, 0.3) is 0 Å². The van der Waals surface area contributed by atoms with Crippen LogP contribution in [0.4, 0.5) is 0 Å². The predicted octanol–water partition coefficient (Wildman–Crippen LogP) is 2.49. The van der Waals surface area contributed by atoms with E-state index in [1.807, 2.05) is 15.9 Å². The van der Waals surface area contributed by atoms with Crippen LogP contribution in [-0.2, 0) is 16.0 Å². The standard InChI is InChI=1S/C19H24N2O2S/c22-18(15-5-3-6-15)20-9-11-21(12-10-20)19(23)17-16-7-2-1-4-14(16)8-13-24-17/h1-2,4,7,15,17H,3,5-6,8-13H2. The lowest BCUT2D eigenvalue weighted by atomic mass is 9.84. The average molecular weight is 344 g/mol. The summed E-state index contributed by atoms with van der Waals surface area (Å²) >= 11 is 1.76. The molecule has 24 heavy (non-hydrogen) atoms. The average Bonchev–Trinajstić information content (AvgIpc) is 2.59. The van der Waals surface area contributed by atoms with Crippen LogP contribution in [-0.4, -0.2) is 53.5 Å². The normalized spacial score (nSPS) is 24.2. The van der Waals surface area contributed by atoms with Crippen LogP contribution in [0.1, 0.15) is 35.6 Å². The SMILES string of the molecule is O=C(C1CCC1)N1CCN(C(=O)C2SCCc3ccccc32)CC1. The molecule has 4 nitrogen and oxygen atoms in total. The number of carbonyl (C=O) groups is 2. The van der Waals surface area contributed by atoms with Gasteiger partial charge in [0, 0.05) is 32.1 Å². The number of carbonyl (C=O) groups excluding carboxylic acids is 2. The quantitative estimate of drug-likeness (QED) is 0.828. The first kappa shape index (κ1) is 16.0. The van der Waals surface area contributed by atoms with Gasteiger partial charge in [0.25, 0.3) is 0 Å². The van der Waals surface area contributed by atoms with Gasteiger partial charge in [-0.1, -0.05) is 30.7 Å². The molecule has 3 aliphatic rings. The number of aryl methyl sites for hydroxylation is 1. The first-order valence-electron chi connectivity index (χ1n) is 9.01. The Balaban J connectivity index is 1.39. The van der Waals surface area contributed by atoms with E-state index in [-0.39, 0.29) is 17.1 Å². The van der Waals surface area contributed by atoms with Gasteiger partial charge in [0.2, 0.25) is 11.8 Å². The van der Waals surface area contributed by atoms with Crippen LogP contribution < -0.4 is 0 Å². The smallest absolute Gasteiger partial charge is 0.240 e. The third kappa shape index (κ3) is 2.94. The zero-order valence-electron chi connectivity index (χ0n) is 13.9. The summed E-state index contributed by atoms with van der Waals surface area (Å²) in [6.45, 7) is 2.74. The fraction of sp³-hybridized carbons (Fsp3) is 0.579. The van der Waals surface area contributed by atoms with Gasteiger partial charge in [-0.15, -0.1) is 11.8 Å². The molecule has 2 amide bonds. The molecular formula is C19H24N2O2S. The summed E-state index contributed by atoms with van der Waals surface area (Å²) in [5, 5.41) is -0.0659. The molecular weight excluding hydrogens is 320 g/mol. The number of hydrogen-bond acceptors (Lipinski definition) is 3. The molecule has 1 unspecified atom stereocenters. The molecule has 0 radical (unpaired) electrons. The molecule has 1 saturated carbocycles. The number of hydrogen-bond donors (Lipinski definition) is 0. The van der Waals surface area contributed by atoms with Gasteiger partial charge >= 0.3 is 0 Å². The Morgan fingerprint density at radius 3 is 2.29 bits per heavy atom. The zero-order valence-corrected chi connectivity index (χ0v) is 14.8. The molecule has 0 N–H and O–H groups in total. The van der Waals surface area contributed by atoms with Crippen LogP contribution >= 0.6 is 11.8 Å². The lowest BCUT2D eigenvalue weighted by molar-refractivity contribution is -0.143. The summed E-state index contributed by atoms with van der Waals surface area (Å²) in [5.41, 5.74) is 2.50. The van der Waals surface area contributed by atoms with Gasteiger partial charge in [-0.25, -0.2) is 0 Å². The maximum atomic E-state index is 13.0. The molecule has 1 atom stereocenters. The van der Waals surface area contributed by atoms with Gasteiger partial charge in [0.1, 0.15) is 5.25 Å². The largest absolute Gasteiger partial charge is 0.339 e. The molecule has 4 rings (SSSR count). The topological polar surface area (TPSA) is 40.6 Å². The maximum absolute atomic E-state index is 13.0. The van der Waals surface area contributed by atoms with Gasteiger partial charge in [-0.2, -0.15) is 0 Å². The van der Waals surface area contributed by atoms with Gasteiger partial charge in [0.15, 0.2) is 0 Å². The van der Waals surface area contributed by atoms with Crippen molar-refractivity contribution in [3.8, 4) is 0 Å². The highest BCUT2D eigenvalue weighted by atomic mass is 32.2. The minimum atomic E-state index is -0.0659. The van der Waals surface area contributed by atoms with E-state index in [9.17, 15) is 9.59 Å². The van der Waals surface area contributed by atoms with E-state index in [0.717, 1.165) is 25.0 Å². The summed E-state index contributed by atoms with van der Waals surface area (Å²) in [6.07, 6.45) is 4.34. The molecule has 1 saturated heterocycles. The predicted molar refractivity (Wildman–Crippen MR) is 95.8 cm³/mol. The molecule has 0 bridgehead atoms. The molecule has 1 aromatic carbocycles. The van der Waals surface area contributed by atoms with E-state index in [1.165, 1.54) is 17.5 Å². The number of thioether (sulfide) groups is 1. The Labute approximate surface area is 147 Å². The lowest BCUT2D eigenvalue weighted by Gasteiger charge is -2.39. The number of piperazine rings is 1. The second-order valence-electron chi connectivity index (χ2n) is 6.98. The van der Waals surface area contributed by atoms with E-state index >= 15 is 0 Å². The van der Waals surface area contributed by atoms with Gasteiger partial charge in [0.05, 0.1) is 0 Å². The summed E-state index contributed by atoms with van der Waals surface area (Å²) in [5.74, 6) is 1.80. The third-order valence-electron chi connectivity index (χ3n) is 5.58. The highest BCUT2D eigenvalue weighted by Gasteiger charge is 2.35. The van der Waals surface area contributed by atoms with Crippen molar-refractivity contribution in [2.24, 2.45) is 5.92 Å². The number of amides is 2. The highest BCUT2D eigenvalue weighted by Crippen LogP contribution is 2.38. The Hall–Kier alpha value is -1.49. The molecule has 5 heteroatoms. The molecule has 1 aliphatic carbocycles. The monoisotopic (exact) mass is 344 g/mol. The lowest BCUT2D eigenvalue weighted by Crippen LogP contribution is -2.53. The van der Waals surface area contributed by atoms with E-state index in [4.69, 9.17) is 0 Å². The highest BCUT2D eigenvalue weighted by molar-refractivity contribution is 8.00. The van der Waals surface area contributed by atoms with Crippen LogP contribution in [0.2, 0.25) is 0 Å². The summed E-state index contributed by atoms with van der Waals surface area (Å²) in [6, 6.07) is 8.33. The van der Waals surface area contributed by atoms with Crippen molar-refractivity contribution < 1.29 is 9.59 Å². The van der Waals surface area contributed by atoms with Crippen molar-refractivity contribution >= 4 is 23.6 Å². The van der Waals surface area contributed by atoms with Crippen molar-refractivity contribution in [2.75, 3.05) is 31.9 Å². The number of fused-ring (bicyclic) bond motifs is 1. The summed E-state index contributed by atoms with van der Waals surface area (Å²) < 4.78 is 0. The maximum Gasteiger partial charge on any atom is 0.240 e. The molecule has 2 aliphatic heterocycles. The van der Waals surface area contributed by atoms with Crippen molar-refractivity contribution in [3.63, 3.8) is 0 Å². The van der Waals surface area contributed by atoms with Crippen LogP contribution in [0.3, 0.4) is 0 Å². The van der Waals surface area contributed by atoms with E-state index < -0.39 is 0 Å². The molecule has 2 heterocycles. The van der Waals surface area contributed by atoms with Crippen molar-refractivity contribution in [2.45, 2.75) is 30.9 Å². The van der Waals surface area contributed by atoms with Gasteiger partial charge in [-0.3, -0.25) is 9.59 Å². The first-order chi connectivity index (χ1) is 11.7. The summed E-state index contributed by atoms with van der Waals surface area (Å²) in [4.78, 5) is 29.3. The van der Waals surface area contributed by atoms with Crippen LogP contribution in [0.15, 0.2) is 24.3 Å². The Morgan fingerprint density at radius 1 is 0.958 bits per heavy atom. The van der Waals surface area contributed by atoms with Crippen LogP contribution in [0, 0.1) is 5.92 Å². The fourth-order valence-electron chi connectivity index (χ4n) is 3.82. The Bertz CT molecular complexity index is 636. The zero-order chi connectivity index (χ0) is 16.5. The number of nitrogens with zero attached hydrogens (tertiary/aromatic N) is 2. The second kappa shape index (κ2) is 6.79. The number of rotatable bonds is 2. The van der Waals surface area contributed by atoms with Gasteiger partial charge < -0.3 is 9.80 Å². The van der Waals surface area contributed by atoms with Crippen molar-refractivity contribution in [3.05, 3.63) is 35.4 Å². The third-order valence-corrected chi connectivity index (χ3v) is 6.80. The minimum absolute atomic E-state index is 0.0659. The van der Waals surface area contributed by atoms with Crippen molar-refractivity contribution in [1.82, 2.24) is 9.80 Å². The van der Waals surface area contributed by atoms with Crippen molar-refractivity contribution in [1.29, 1.82) is 0 Å². The molecule has 128 valence electrons. The van der Waals surface area contributed by atoms with E-state index in [2.05, 4.69) is 18.2 Å². The number of benzene rings is 1. The van der Waals surface area contributed by atoms with E-state index in [1.54, 1.807) is 11.8 Å². The Kier molecular flexibility index (Phi) is 4.53. The second-order valence-corrected chi connectivity index (χ2v) is 8.19. The first-order valence-corrected chi connectivity index (χ1v) is 10.1. The molecule has 2 fully saturated rings. The molecule has 0 aromatic heterocycles. The molecule has 1 aromatic rings. The van der Waals surface area contributed by atoms with Crippen LogP contribution in [0.5, 0.6) is 0 Å². The molecule has 0 spiro atoms. The Morgan fingerprint density at radius 2 is 1.62 bits per heavy atom. The van der Waals surface area contributed by atoms with E-state index in [0.29, 0.717) is 32.1 Å².